The molecule has 0 fully saturated rings. The number of halogens is 1. The highest BCUT2D eigenvalue weighted by molar-refractivity contribution is 9.10. The van der Waals surface area contributed by atoms with Gasteiger partial charge < -0.3 is 5.11 Å². The van der Waals surface area contributed by atoms with E-state index in [1.54, 1.807) is 0 Å². The standard InChI is InChI=1S/C15H21BrO2/c1-3-4-11(2)9-13(15(17)18)10-12-5-7-14(16)8-6-12/h5-8,11,13H,3-4,9-10H2,1-2H3,(H,17,18). The van der Waals surface area contributed by atoms with Crippen LogP contribution in [0.4, 0.5) is 0 Å². The van der Waals surface area contributed by atoms with E-state index in [2.05, 4.69) is 29.8 Å². The van der Waals surface area contributed by atoms with Crippen molar-refractivity contribution in [2.75, 3.05) is 0 Å². The lowest BCUT2D eigenvalue weighted by Gasteiger charge is -2.17. The predicted octanol–water partition coefficient (Wildman–Crippen LogP) is 4.52. The van der Waals surface area contributed by atoms with Crippen molar-refractivity contribution in [3.8, 4) is 0 Å². The lowest BCUT2D eigenvalue weighted by atomic mass is 9.88. The van der Waals surface area contributed by atoms with Crippen molar-refractivity contribution in [3.63, 3.8) is 0 Å². The second-order valence-electron chi connectivity index (χ2n) is 5.00. The molecule has 0 heterocycles. The van der Waals surface area contributed by atoms with E-state index >= 15 is 0 Å². The average molecular weight is 313 g/mol. The lowest BCUT2D eigenvalue weighted by Crippen LogP contribution is -2.19. The van der Waals surface area contributed by atoms with Gasteiger partial charge in [-0.05, 0) is 36.5 Å². The fourth-order valence-electron chi connectivity index (χ4n) is 2.27. The van der Waals surface area contributed by atoms with Crippen molar-refractivity contribution in [2.24, 2.45) is 11.8 Å². The minimum atomic E-state index is -0.680. The molecule has 2 nitrogen and oxygen atoms in total. The maximum Gasteiger partial charge on any atom is 0.306 e. The molecular formula is C15H21BrO2. The van der Waals surface area contributed by atoms with E-state index in [9.17, 15) is 9.90 Å². The molecule has 3 heteroatoms. The summed E-state index contributed by atoms with van der Waals surface area (Å²) >= 11 is 3.39. The van der Waals surface area contributed by atoms with E-state index in [1.807, 2.05) is 24.3 Å². The van der Waals surface area contributed by atoms with Crippen LogP contribution in [0.2, 0.25) is 0 Å². The third-order valence-corrected chi connectivity index (χ3v) is 3.74. The zero-order valence-electron chi connectivity index (χ0n) is 11.0. The maximum atomic E-state index is 11.3. The predicted molar refractivity (Wildman–Crippen MR) is 77.7 cm³/mol. The van der Waals surface area contributed by atoms with E-state index in [4.69, 9.17) is 0 Å². The van der Waals surface area contributed by atoms with Gasteiger partial charge in [-0.1, -0.05) is 54.8 Å². The Hall–Kier alpha value is -0.830. The molecule has 100 valence electrons. The summed E-state index contributed by atoms with van der Waals surface area (Å²) in [6.45, 7) is 4.28. The van der Waals surface area contributed by atoms with Gasteiger partial charge in [0.05, 0.1) is 5.92 Å². The molecule has 0 saturated heterocycles. The van der Waals surface area contributed by atoms with Gasteiger partial charge in [-0.3, -0.25) is 4.79 Å². The Labute approximate surface area is 118 Å². The molecule has 1 aromatic rings. The van der Waals surface area contributed by atoms with Crippen LogP contribution >= 0.6 is 15.9 Å². The summed E-state index contributed by atoms with van der Waals surface area (Å²) in [5, 5.41) is 9.30. The Morgan fingerprint density at radius 2 is 1.94 bits per heavy atom. The SMILES string of the molecule is CCCC(C)CC(Cc1ccc(Br)cc1)C(=O)O. The molecule has 0 aliphatic carbocycles. The van der Waals surface area contributed by atoms with E-state index in [1.165, 1.54) is 0 Å². The molecule has 1 N–H and O–H groups in total. The normalized spacial score (nSPS) is 14.2. The summed E-state index contributed by atoms with van der Waals surface area (Å²) in [4.78, 5) is 11.3. The maximum absolute atomic E-state index is 11.3. The second kappa shape index (κ2) is 7.57. The van der Waals surface area contributed by atoms with Crippen LogP contribution in [0.15, 0.2) is 28.7 Å². The number of hydrogen-bond donors (Lipinski definition) is 1. The molecular weight excluding hydrogens is 292 g/mol. The van der Waals surface area contributed by atoms with Crippen LogP contribution in [0.1, 0.15) is 38.7 Å². The Balaban J connectivity index is 2.62. The Morgan fingerprint density at radius 3 is 2.44 bits per heavy atom. The van der Waals surface area contributed by atoms with Gasteiger partial charge in [0, 0.05) is 4.47 Å². The van der Waals surface area contributed by atoms with Gasteiger partial charge in [0.2, 0.25) is 0 Å². The van der Waals surface area contributed by atoms with E-state index in [0.29, 0.717) is 12.3 Å². The van der Waals surface area contributed by atoms with Crippen LogP contribution in [-0.2, 0) is 11.2 Å². The van der Waals surface area contributed by atoms with E-state index < -0.39 is 5.97 Å². The third-order valence-electron chi connectivity index (χ3n) is 3.21. The van der Waals surface area contributed by atoms with E-state index in [0.717, 1.165) is 29.3 Å². The zero-order valence-corrected chi connectivity index (χ0v) is 12.6. The van der Waals surface area contributed by atoms with Crippen LogP contribution in [0.5, 0.6) is 0 Å². The quantitative estimate of drug-likeness (QED) is 0.803. The molecule has 0 saturated carbocycles. The number of benzene rings is 1. The number of hydrogen-bond acceptors (Lipinski definition) is 1. The van der Waals surface area contributed by atoms with Crippen molar-refractivity contribution in [1.82, 2.24) is 0 Å². The zero-order chi connectivity index (χ0) is 13.5. The molecule has 2 unspecified atom stereocenters. The van der Waals surface area contributed by atoms with Crippen molar-refractivity contribution in [2.45, 2.75) is 39.5 Å². The highest BCUT2D eigenvalue weighted by Crippen LogP contribution is 2.22. The van der Waals surface area contributed by atoms with Crippen molar-refractivity contribution in [3.05, 3.63) is 34.3 Å². The van der Waals surface area contributed by atoms with Gasteiger partial charge in [-0.25, -0.2) is 0 Å². The first-order chi connectivity index (χ1) is 8.52. The van der Waals surface area contributed by atoms with Crippen LogP contribution < -0.4 is 0 Å². The number of aliphatic carboxylic acids is 1. The van der Waals surface area contributed by atoms with E-state index in [-0.39, 0.29) is 5.92 Å². The van der Waals surface area contributed by atoms with Gasteiger partial charge in [0.1, 0.15) is 0 Å². The van der Waals surface area contributed by atoms with Crippen LogP contribution in [0, 0.1) is 11.8 Å². The van der Waals surface area contributed by atoms with Crippen LogP contribution in [-0.4, -0.2) is 11.1 Å². The van der Waals surface area contributed by atoms with Crippen LogP contribution in [0.3, 0.4) is 0 Å². The van der Waals surface area contributed by atoms with Crippen molar-refractivity contribution >= 4 is 21.9 Å². The molecule has 0 bridgehead atoms. The Bertz CT molecular complexity index is 373. The van der Waals surface area contributed by atoms with Gasteiger partial charge in [-0.15, -0.1) is 0 Å². The number of rotatable bonds is 7. The summed E-state index contributed by atoms with van der Waals surface area (Å²) in [5.74, 6) is -0.472. The minimum absolute atomic E-state index is 0.271. The fourth-order valence-corrected chi connectivity index (χ4v) is 2.54. The molecule has 18 heavy (non-hydrogen) atoms. The largest absolute Gasteiger partial charge is 0.481 e. The molecule has 0 aliphatic rings. The summed E-state index contributed by atoms with van der Waals surface area (Å²) in [6.07, 6.45) is 3.60. The topological polar surface area (TPSA) is 37.3 Å². The number of carbonyl (C=O) groups is 1. The van der Waals surface area contributed by atoms with Gasteiger partial charge in [0.15, 0.2) is 0 Å². The minimum Gasteiger partial charge on any atom is -0.481 e. The molecule has 0 aromatic heterocycles. The fraction of sp³-hybridized carbons (Fsp3) is 0.533. The highest BCUT2D eigenvalue weighted by Gasteiger charge is 2.20. The Morgan fingerprint density at radius 1 is 1.33 bits per heavy atom. The van der Waals surface area contributed by atoms with Crippen molar-refractivity contribution in [1.29, 1.82) is 0 Å². The summed E-state index contributed by atoms with van der Waals surface area (Å²) in [5.41, 5.74) is 1.09. The number of carboxylic acids is 1. The molecule has 0 spiro atoms. The average Bonchev–Trinajstić information content (AvgIpc) is 2.31. The Kier molecular flexibility index (Phi) is 6.41. The second-order valence-corrected chi connectivity index (χ2v) is 5.91. The van der Waals surface area contributed by atoms with Crippen molar-refractivity contribution < 1.29 is 9.90 Å². The summed E-state index contributed by atoms with van der Waals surface area (Å²) in [7, 11) is 0. The lowest BCUT2D eigenvalue weighted by molar-refractivity contribution is -0.142. The third kappa shape index (κ3) is 5.21. The molecule has 1 aromatic carbocycles. The van der Waals surface area contributed by atoms with Gasteiger partial charge in [-0.2, -0.15) is 0 Å². The molecule has 1 rings (SSSR count). The van der Waals surface area contributed by atoms with Crippen LogP contribution in [0.25, 0.3) is 0 Å². The first-order valence-corrected chi connectivity index (χ1v) is 7.29. The molecule has 0 aliphatic heterocycles. The molecule has 0 amide bonds. The number of carboxylic acid groups (broad SMARTS) is 1. The summed E-state index contributed by atoms with van der Waals surface area (Å²) < 4.78 is 1.03. The summed E-state index contributed by atoms with van der Waals surface area (Å²) in [6, 6.07) is 7.91. The molecule has 0 radical (unpaired) electrons. The smallest absolute Gasteiger partial charge is 0.306 e. The molecule has 2 atom stereocenters. The first kappa shape index (κ1) is 15.2. The van der Waals surface area contributed by atoms with Gasteiger partial charge >= 0.3 is 5.97 Å². The van der Waals surface area contributed by atoms with Gasteiger partial charge in [0.25, 0.3) is 0 Å². The highest BCUT2D eigenvalue weighted by atomic mass is 79.9. The first-order valence-electron chi connectivity index (χ1n) is 6.50. The monoisotopic (exact) mass is 312 g/mol.